The average Bonchev–Trinajstić information content (AvgIpc) is 2.05. The van der Waals surface area contributed by atoms with Crippen molar-refractivity contribution in [2.75, 3.05) is 0 Å². The molecule has 0 aromatic carbocycles. The molecule has 0 aromatic rings. The fourth-order valence-electron chi connectivity index (χ4n) is 0.482. The van der Waals surface area contributed by atoms with Crippen LogP contribution in [0.2, 0.25) is 0 Å². The van der Waals surface area contributed by atoms with Gasteiger partial charge in [-0.1, -0.05) is 11.4 Å². The van der Waals surface area contributed by atoms with Crippen LogP contribution in [0.15, 0.2) is 24.6 Å². The summed E-state index contributed by atoms with van der Waals surface area (Å²) in [4.78, 5) is 0. The predicted octanol–water partition coefficient (Wildman–Crippen LogP) is -2.51. The van der Waals surface area contributed by atoms with Gasteiger partial charge in [-0.15, -0.1) is 13.2 Å². The monoisotopic (exact) mass is 417 g/mol. The summed E-state index contributed by atoms with van der Waals surface area (Å²) >= 11 is 0. The van der Waals surface area contributed by atoms with Crippen LogP contribution in [0.3, 0.4) is 0 Å². The third kappa shape index (κ3) is 9.01. The minimum Gasteiger partial charge on any atom is -0.449 e. The predicted molar refractivity (Wildman–Crippen MR) is 57.8 cm³/mol. The first-order valence-corrected chi connectivity index (χ1v) is 8.28. The van der Waals surface area contributed by atoms with Gasteiger partial charge in [-0.2, -0.15) is 0 Å². The van der Waals surface area contributed by atoms with Crippen molar-refractivity contribution in [2.45, 2.75) is 0 Å². The van der Waals surface area contributed by atoms with Gasteiger partial charge < -0.3 is 12.3 Å². The molecule has 12 heavy (non-hydrogen) atoms. The molecular formula is C4H14O3PtSi4. The molecule has 8 heteroatoms. The van der Waals surface area contributed by atoms with E-state index >= 15 is 0 Å². The molecule has 0 N–H and O–H groups in total. The van der Waals surface area contributed by atoms with E-state index in [0.29, 0.717) is 0 Å². The minimum atomic E-state index is -1.53. The Balaban J connectivity index is 0. The second kappa shape index (κ2) is 11.9. The second-order valence-corrected chi connectivity index (χ2v) is 9.13. The topological polar surface area (TPSA) is 27.7 Å². The zero-order valence-electron chi connectivity index (χ0n) is 7.10. The van der Waals surface area contributed by atoms with Crippen LogP contribution < -0.4 is 0 Å². The molecular weight excluding hydrogens is 403 g/mol. The third-order valence-electron chi connectivity index (χ3n) is 0.921. The van der Waals surface area contributed by atoms with Crippen LogP contribution in [0.4, 0.5) is 0 Å². The van der Waals surface area contributed by atoms with Crippen molar-refractivity contribution in [1.29, 1.82) is 0 Å². The normalized spacial score (nSPS) is 13.7. The first-order chi connectivity index (χ1) is 5.35. The summed E-state index contributed by atoms with van der Waals surface area (Å²) in [6.45, 7) is 7.25. The standard InChI is InChI=1S/C4H14O3Si4.Pt/c1-3-9-6-11(4-2)7-10-5-8;/h3-4,11H,1-2,9-10H2,8H3;. The second-order valence-electron chi connectivity index (χ2n) is 1.80. The maximum absolute atomic E-state index is 5.43. The van der Waals surface area contributed by atoms with E-state index in [1.165, 1.54) is 0 Å². The molecule has 3 nitrogen and oxygen atoms in total. The van der Waals surface area contributed by atoms with E-state index in [4.69, 9.17) is 12.3 Å². The van der Waals surface area contributed by atoms with Crippen LogP contribution >= 0.6 is 0 Å². The van der Waals surface area contributed by atoms with Crippen molar-refractivity contribution < 1.29 is 33.4 Å². The summed E-state index contributed by atoms with van der Waals surface area (Å²) in [5, 5.41) is 0. The molecule has 0 aromatic heterocycles. The van der Waals surface area contributed by atoms with Crippen molar-refractivity contribution in [3.8, 4) is 0 Å². The van der Waals surface area contributed by atoms with Crippen molar-refractivity contribution in [2.24, 2.45) is 0 Å². The summed E-state index contributed by atoms with van der Waals surface area (Å²) in [6, 6.07) is 0. The molecule has 0 aliphatic heterocycles. The Morgan fingerprint density at radius 1 is 1.33 bits per heavy atom. The third-order valence-corrected chi connectivity index (χ3v) is 6.43. The minimum absolute atomic E-state index is 0. The van der Waals surface area contributed by atoms with Gasteiger partial charge in [0.05, 0.1) is 0 Å². The molecule has 0 bridgehead atoms. The summed E-state index contributed by atoms with van der Waals surface area (Å²) < 4.78 is 15.8. The van der Waals surface area contributed by atoms with Gasteiger partial charge in [0.15, 0.2) is 9.76 Å². The maximum atomic E-state index is 5.43. The molecule has 0 rings (SSSR count). The van der Waals surface area contributed by atoms with E-state index in [1.54, 1.807) is 5.70 Å². The zero-order valence-corrected chi connectivity index (χ0v) is 15.4. The fraction of sp³-hybridized carbons (Fsp3) is 0. The van der Waals surface area contributed by atoms with Gasteiger partial charge in [0.2, 0.25) is 0 Å². The fourth-order valence-corrected chi connectivity index (χ4v) is 6.43. The molecule has 0 saturated heterocycles. The van der Waals surface area contributed by atoms with Gasteiger partial charge in [-0.3, -0.25) is 0 Å². The molecule has 0 saturated carbocycles. The zero-order chi connectivity index (χ0) is 8.53. The largest absolute Gasteiger partial charge is 0.449 e. The van der Waals surface area contributed by atoms with Crippen molar-refractivity contribution >= 4 is 39.5 Å². The van der Waals surface area contributed by atoms with Gasteiger partial charge >= 0.3 is 9.28 Å². The smallest absolute Gasteiger partial charge is 0.328 e. The van der Waals surface area contributed by atoms with E-state index in [-0.39, 0.29) is 21.1 Å². The molecule has 0 amide bonds. The van der Waals surface area contributed by atoms with Gasteiger partial charge in [0.25, 0.3) is 10.0 Å². The van der Waals surface area contributed by atoms with Crippen molar-refractivity contribution in [1.82, 2.24) is 0 Å². The molecule has 1 unspecified atom stereocenters. The molecule has 0 fully saturated rings. The SMILES string of the molecule is C=C[SiH2]O[SiH](C=C)O[SiH2]O[SiH3].[Pt]. The molecule has 0 spiro atoms. The van der Waals surface area contributed by atoms with Gasteiger partial charge in [0.1, 0.15) is 10.5 Å². The van der Waals surface area contributed by atoms with E-state index in [2.05, 4.69) is 13.2 Å². The van der Waals surface area contributed by atoms with Crippen LogP contribution in [-0.4, -0.2) is 39.5 Å². The Morgan fingerprint density at radius 3 is 2.42 bits per heavy atom. The van der Waals surface area contributed by atoms with Crippen LogP contribution in [-0.2, 0) is 33.4 Å². The summed E-state index contributed by atoms with van der Waals surface area (Å²) in [6.07, 6.45) is 0. The van der Waals surface area contributed by atoms with Crippen molar-refractivity contribution in [3.63, 3.8) is 0 Å². The number of hydrogen-bond acceptors (Lipinski definition) is 3. The van der Waals surface area contributed by atoms with E-state index in [1.807, 2.05) is 5.70 Å². The Hall–Kier alpha value is 0.916. The van der Waals surface area contributed by atoms with E-state index < -0.39 is 29.1 Å². The maximum Gasteiger partial charge on any atom is 0.328 e. The van der Waals surface area contributed by atoms with Gasteiger partial charge in [-0.25, -0.2) is 0 Å². The summed E-state index contributed by atoms with van der Waals surface area (Å²) in [5.74, 6) is 0. The Bertz CT molecular complexity index is 125. The number of hydrogen-bond donors (Lipinski definition) is 0. The van der Waals surface area contributed by atoms with Crippen LogP contribution in [0, 0.1) is 0 Å². The quantitative estimate of drug-likeness (QED) is 0.428. The molecule has 0 radical (unpaired) electrons. The molecule has 0 heterocycles. The summed E-state index contributed by atoms with van der Waals surface area (Å²) in [5.41, 5.74) is 3.63. The van der Waals surface area contributed by atoms with Crippen LogP contribution in [0.1, 0.15) is 0 Å². The first kappa shape index (κ1) is 15.4. The molecule has 1 atom stereocenters. The van der Waals surface area contributed by atoms with E-state index in [9.17, 15) is 0 Å². The molecule has 0 aliphatic rings. The Kier molecular flexibility index (Phi) is 15.3. The van der Waals surface area contributed by atoms with Gasteiger partial charge in [0, 0.05) is 21.1 Å². The molecule has 0 aliphatic carbocycles. The van der Waals surface area contributed by atoms with E-state index in [0.717, 1.165) is 10.5 Å². The number of rotatable bonds is 7. The Labute approximate surface area is 97.2 Å². The Morgan fingerprint density at radius 2 is 2.00 bits per heavy atom. The molecule has 74 valence electrons. The average molecular weight is 418 g/mol. The van der Waals surface area contributed by atoms with Crippen LogP contribution in [0.5, 0.6) is 0 Å². The first-order valence-electron chi connectivity index (χ1n) is 3.30. The summed E-state index contributed by atoms with van der Waals surface area (Å²) in [7, 11) is -2.08. The van der Waals surface area contributed by atoms with Crippen LogP contribution in [0.25, 0.3) is 0 Å². The van der Waals surface area contributed by atoms with Crippen molar-refractivity contribution in [3.05, 3.63) is 24.6 Å². The van der Waals surface area contributed by atoms with Gasteiger partial charge in [-0.05, 0) is 0 Å².